The molecule has 0 heterocycles. The van der Waals surface area contributed by atoms with Crippen LogP contribution < -0.4 is 9.62 Å². The number of carbonyl (C=O) groups is 2. The van der Waals surface area contributed by atoms with E-state index in [1.54, 1.807) is 12.1 Å². The molecule has 0 unspecified atom stereocenters. The highest BCUT2D eigenvalue weighted by atomic mass is 32.2. The fourth-order valence-electron chi connectivity index (χ4n) is 4.34. The molecule has 3 rings (SSSR count). The highest BCUT2D eigenvalue weighted by Crippen LogP contribution is 2.32. The molecule has 1 atom stereocenters. The van der Waals surface area contributed by atoms with E-state index in [1.807, 2.05) is 56.3 Å². The summed E-state index contributed by atoms with van der Waals surface area (Å²) in [5.41, 5.74) is 1.03. The van der Waals surface area contributed by atoms with Gasteiger partial charge in [0.25, 0.3) is 0 Å². The first-order valence-corrected chi connectivity index (χ1v) is 15.0. The number of carbonyl (C=O) groups excluding carboxylic acids is 2. The van der Waals surface area contributed by atoms with Crippen molar-refractivity contribution in [2.75, 3.05) is 23.7 Å². The van der Waals surface area contributed by atoms with E-state index in [0.29, 0.717) is 23.3 Å². The maximum atomic E-state index is 14.0. The van der Waals surface area contributed by atoms with Crippen LogP contribution in [0, 0.1) is 6.92 Å². The molecule has 0 saturated carbocycles. The number of hydrogen-bond donors (Lipinski definition) is 1. The van der Waals surface area contributed by atoms with E-state index in [2.05, 4.69) is 5.32 Å². The van der Waals surface area contributed by atoms with Crippen LogP contribution in [0.5, 0.6) is 0 Å². The van der Waals surface area contributed by atoms with Crippen molar-refractivity contribution < 1.29 is 31.2 Å². The zero-order chi connectivity index (χ0) is 30.2. The molecular weight excluding hydrogens is 555 g/mol. The molecule has 3 aromatic carbocycles. The van der Waals surface area contributed by atoms with Crippen molar-refractivity contribution >= 4 is 27.5 Å². The lowest BCUT2D eigenvalue weighted by atomic mass is 10.0. The quantitative estimate of drug-likeness (QED) is 0.324. The summed E-state index contributed by atoms with van der Waals surface area (Å²) >= 11 is 0. The van der Waals surface area contributed by atoms with Crippen LogP contribution in [0.2, 0.25) is 0 Å². The Bertz CT molecular complexity index is 1450. The van der Waals surface area contributed by atoms with Crippen LogP contribution in [-0.2, 0) is 38.8 Å². The van der Waals surface area contributed by atoms with E-state index in [1.165, 1.54) is 11.0 Å². The predicted molar refractivity (Wildman–Crippen MR) is 153 cm³/mol. The van der Waals surface area contributed by atoms with Crippen molar-refractivity contribution in [3.63, 3.8) is 0 Å². The standard InChI is InChI=1S/C30H34F3N3O4S/c1-4-17-34-29(38)27(18-23-12-6-5-7-13-23)35(20-24-14-9-8-11-22(24)2)28(37)21-36(41(3,39)40)26-16-10-15-25(19-26)30(31,32)33/h5-16,19,27H,4,17-18,20-21H2,1-3H3,(H,34,38)/t27-/m1/s1. The van der Waals surface area contributed by atoms with E-state index in [-0.39, 0.29) is 18.7 Å². The van der Waals surface area contributed by atoms with E-state index >= 15 is 0 Å². The van der Waals surface area contributed by atoms with Gasteiger partial charge in [0.1, 0.15) is 12.6 Å². The third-order valence-electron chi connectivity index (χ3n) is 6.56. The van der Waals surface area contributed by atoms with E-state index in [4.69, 9.17) is 0 Å². The number of amides is 2. The monoisotopic (exact) mass is 589 g/mol. The van der Waals surface area contributed by atoms with Crippen LogP contribution >= 0.6 is 0 Å². The van der Waals surface area contributed by atoms with Crippen LogP contribution in [0.3, 0.4) is 0 Å². The molecule has 11 heteroatoms. The fraction of sp³-hybridized carbons (Fsp3) is 0.333. The number of anilines is 1. The largest absolute Gasteiger partial charge is 0.416 e. The Hall–Kier alpha value is -3.86. The Morgan fingerprint density at radius 3 is 2.22 bits per heavy atom. The number of aryl methyl sites for hydroxylation is 1. The van der Waals surface area contributed by atoms with Crippen molar-refractivity contribution in [3.8, 4) is 0 Å². The first-order valence-electron chi connectivity index (χ1n) is 13.1. The molecule has 2 amide bonds. The van der Waals surface area contributed by atoms with Gasteiger partial charge in [-0.3, -0.25) is 13.9 Å². The van der Waals surface area contributed by atoms with Crippen molar-refractivity contribution in [2.24, 2.45) is 0 Å². The molecule has 3 aromatic rings. The highest BCUT2D eigenvalue weighted by Gasteiger charge is 2.35. The molecule has 1 N–H and O–H groups in total. The maximum Gasteiger partial charge on any atom is 0.416 e. The Balaban J connectivity index is 2.08. The summed E-state index contributed by atoms with van der Waals surface area (Å²) in [4.78, 5) is 28.8. The number of nitrogens with zero attached hydrogens (tertiary/aromatic N) is 2. The second-order valence-electron chi connectivity index (χ2n) is 9.76. The Morgan fingerprint density at radius 1 is 0.951 bits per heavy atom. The van der Waals surface area contributed by atoms with Gasteiger partial charge in [-0.1, -0.05) is 67.6 Å². The van der Waals surface area contributed by atoms with Crippen molar-refractivity contribution in [1.82, 2.24) is 10.2 Å². The van der Waals surface area contributed by atoms with Gasteiger partial charge in [-0.25, -0.2) is 8.42 Å². The second-order valence-corrected chi connectivity index (χ2v) is 11.7. The first kappa shape index (κ1) is 31.7. The maximum absolute atomic E-state index is 14.0. The van der Waals surface area contributed by atoms with Gasteiger partial charge >= 0.3 is 6.18 Å². The van der Waals surface area contributed by atoms with Crippen LogP contribution in [0.15, 0.2) is 78.9 Å². The molecule has 0 aliphatic carbocycles. The Morgan fingerprint density at radius 2 is 1.61 bits per heavy atom. The van der Waals surface area contributed by atoms with Gasteiger partial charge < -0.3 is 10.2 Å². The van der Waals surface area contributed by atoms with Crippen molar-refractivity contribution in [2.45, 2.75) is 45.5 Å². The minimum atomic E-state index is -4.71. The van der Waals surface area contributed by atoms with Gasteiger partial charge in [-0.05, 0) is 48.2 Å². The van der Waals surface area contributed by atoms with Gasteiger partial charge in [0, 0.05) is 19.5 Å². The molecule has 0 aliphatic rings. The molecule has 0 aliphatic heterocycles. The van der Waals surface area contributed by atoms with Crippen LogP contribution in [0.4, 0.5) is 18.9 Å². The zero-order valence-corrected chi connectivity index (χ0v) is 24.0. The zero-order valence-electron chi connectivity index (χ0n) is 23.2. The lowest BCUT2D eigenvalue weighted by Gasteiger charge is -2.34. The number of nitrogens with one attached hydrogen (secondary N) is 1. The molecule has 0 bridgehead atoms. The molecule has 0 saturated heterocycles. The average Bonchev–Trinajstić information content (AvgIpc) is 2.92. The smallest absolute Gasteiger partial charge is 0.354 e. The summed E-state index contributed by atoms with van der Waals surface area (Å²) < 4.78 is 66.5. The number of rotatable bonds is 12. The summed E-state index contributed by atoms with van der Waals surface area (Å²) in [7, 11) is -4.19. The summed E-state index contributed by atoms with van der Waals surface area (Å²) in [5, 5.41) is 2.84. The molecule has 41 heavy (non-hydrogen) atoms. The Labute approximate surface area is 239 Å². The molecular formula is C30H34F3N3O4S. The number of benzene rings is 3. The lowest BCUT2D eigenvalue weighted by molar-refractivity contribution is -0.140. The van der Waals surface area contributed by atoms with Crippen LogP contribution in [-0.4, -0.2) is 50.5 Å². The fourth-order valence-corrected chi connectivity index (χ4v) is 5.18. The summed E-state index contributed by atoms with van der Waals surface area (Å²) in [5.74, 6) is -1.15. The molecule has 0 aromatic heterocycles. The highest BCUT2D eigenvalue weighted by molar-refractivity contribution is 7.92. The number of alkyl halides is 3. The van der Waals surface area contributed by atoms with Crippen molar-refractivity contribution in [3.05, 3.63) is 101 Å². The minimum Gasteiger partial charge on any atom is -0.354 e. The van der Waals surface area contributed by atoms with E-state index in [0.717, 1.165) is 35.1 Å². The number of hydrogen-bond acceptors (Lipinski definition) is 4. The molecule has 220 valence electrons. The summed E-state index contributed by atoms with van der Waals surface area (Å²) in [6.07, 6.45) is -3.08. The minimum absolute atomic E-state index is 0.0112. The number of halogens is 3. The average molecular weight is 590 g/mol. The molecule has 0 spiro atoms. The van der Waals surface area contributed by atoms with E-state index in [9.17, 15) is 31.2 Å². The summed E-state index contributed by atoms with van der Waals surface area (Å²) in [6, 6.07) is 19.2. The van der Waals surface area contributed by atoms with Gasteiger partial charge in [-0.15, -0.1) is 0 Å². The third-order valence-corrected chi connectivity index (χ3v) is 7.70. The van der Waals surface area contributed by atoms with Gasteiger partial charge in [0.05, 0.1) is 17.5 Å². The lowest BCUT2D eigenvalue weighted by Crippen LogP contribution is -2.53. The van der Waals surface area contributed by atoms with Gasteiger partial charge in [0.2, 0.25) is 21.8 Å². The normalized spacial score (nSPS) is 12.4. The molecule has 7 nitrogen and oxygen atoms in total. The Kier molecular flexibility index (Phi) is 10.6. The van der Waals surface area contributed by atoms with Crippen LogP contribution in [0.1, 0.15) is 35.6 Å². The molecule has 0 radical (unpaired) electrons. The van der Waals surface area contributed by atoms with E-state index < -0.39 is 46.2 Å². The SMILES string of the molecule is CCCNC(=O)[C@@H](Cc1ccccc1)N(Cc1ccccc1C)C(=O)CN(c1cccc(C(F)(F)F)c1)S(C)(=O)=O. The second kappa shape index (κ2) is 13.7. The third kappa shape index (κ3) is 8.81. The summed E-state index contributed by atoms with van der Waals surface area (Å²) in [6.45, 7) is 3.31. The van der Waals surface area contributed by atoms with Crippen LogP contribution in [0.25, 0.3) is 0 Å². The predicted octanol–water partition coefficient (Wildman–Crippen LogP) is 4.95. The van der Waals surface area contributed by atoms with Crippen molar-refractivity contribution in [1.29, 1.82) is 0 Å². The van der Waals surface area contributed by atoms with Gasteiger partial charge in [-0.2, -0.15) is 13.2 Å². The first-order chi connectivity index (χ1) is 19.3. The molecule has 0 fully saturated rings. The topological polar surface area (TPSA) is 86.8 Å². The van der Waals surface area contributed by atoms with Gasteiger partial charge in [0.15, 0.2) is 0 Å². The number of sulfonamides is 1.